The molecule has 0 saturated carbocycles. The van der Waals surface area contributed by atoms with Crippen molar-refractivity contribution in [2.75, 3.05) is 0 Å². The lowest BCUT2D eigenvalue weighted by atomic mass is 10.4. The monoisotopic (exact) mass is 136 g/mol. The van der Waals surface area contributed by atoms with Crippen LogP contribution in [0.4, 0.5) is 0 Å². The highest BCUT2D eigenvalue weighted by molar-refractivity contribution is 5.05. The molecule has 0 rings (SSSR count). The van der Waals surface area contributed by atoms with Gasteiger partial charge in [-0.25, -0.2) is 0 Å². The van der Waals surface area contributed by atoms with Gasteiger partial charge < -0.3 is 0 Å². The van der Waals surface area contributed by atoms with Gasteiger partial charge in [-0.3, -0.25) is 0 Å². The van der Waals surface area contributed by atoms with Gasteiger partial charge in [-0.05, 0) is 26.3 Å². The summed E-state index contributed by atoms with van der Waals surface area (Å²) in [6, 6.07) is 0. The Kier molecular flexibility index (Phi) is 9.40. The largest absolute Gasteiger partial charge is 0.130 e. The maximum atomic E-state index is 3.56. The van der Waals surface area contributed by atoms with Gasteiger partial charge in [-0.2, -0.15) is 0 Å². The zero-order valence-electron chi connectivity index (χ0n) is 7.20. The fourth-order valence-electron chi connectivity index (χ4n) is 0. The first-order chi connectivity index (χ1) is 4.54. The molecule has 0 aromatic rings. The molecule has 0 amide bonds. The van der Waals surface area contributed by atoms with Gasteiger partial charge in [0.05, 0.1) is 0 Å². The Morgan fingerprint density at radius 3 is 1.50 bits per heavy atom. The van der Waals surface area contributed by atoms with Gasteiger partial charge in [0, 0.05) is 0 Å². The van der Waals surface area contributed by atoms with E-state index in [0.29, 0.717) is 0 Å². The molecule has 0 bridgehead atoms. The Balaban J connectivity index is 0. The summed E-state index contributed by atoms with van der Waals surface area (Å²) in [5.41, 5.74) is 4.86. The summed E-state index contributed by atoms with van der Waals surface area (Å²) in [5.74, 6) is 0. The van der Waals surface area contributed by atoms with Crippen molar-refractivity contribution in [2.24, 2.45) is 0 Å². The highest BCUT2D eigenvalue weighted by Crippen LogP contribution is 1.81. The summed E-state index contributed by atoms with van der Waals surface area (Å²) >= 11 is 0. The van der Waals surface area contributed by atoms with Gasteiger partial charge in [0.1, 0.15) is 0 Å². The highest BCUT2D eigenvalue weighted by atomic mass is 13.7. The van der Waals surface area contributed by atoms with Gasteiger partial charge >= 0.3 is 0 Å². The van der Waals surface area contributed by atoms with Crippen LogP contribution in [0.1, 0.15) is 20.8 Å². The molecular formula is C10H16. The van der Waals surface area contributed by atoms with Crippen LogP contribution in [0.15, 0.2) is 42.7 Å². The molecule has 10 heavy (non-hydrogen) atoms. The van der Waals surface area contributed by atoms with Gasteiger partial charge in [0.2, 0.25) is 0 Å². The Labute approximate surface area is 64.3 Å². The first kappa shape index (κ1) is 11.8. The predicted molar refractivity (Wildman–Crippen MR) is 49.0 cm³/mol. The minimum absolute atomic E-state index is 1.02. The lowest BCUT2D eigenvalue weighted by Gasteiger charge is -1.71. The Morgan fingerprint density at radius 1 is 1.30 bits per heavy atom. The number of hydrogen-bond acceptors (Lipinski definition) is 0. The summed E-state index contributed by atoms with van der Waals surface area (Å²) in [7, 11) is 0. The van der Waals surface area contributed by atoms with E-state index < -0.39 is 0 Å². The zero-order valence-corrected chi connectivity index (χ0v) is 7.20. The number of hydrogen-bond donors (Lipinski definition) is 0. The van der Waals surface area contributed by atoms with E-state index in [-0.39, 0.29) is 0 Å². The van der Waals surface area contributed by atoms with Crippen molar-refractivity contribution in [1.82, 2.24) is 0 Å². The minimum Gasteiger partial charge on any atom is -0.130 e. The molecular weight excluding hydrogens is 120 g/mol. The van der Waals surface area contributed by atoms with Crippen molar-refractivity contribution < 1.29 is 0 Å². The molecule has 0 aromatic heterocycles. The van der Waals surface area contributed by atoms with Crippen LogP contribution < -0.4 is 0 Å². The van der Waals surface area contributed by atoms with Crippen molar-refractivity contribution in [3.8, 4) is 0 Å². The van der Waals surface area contributed by atoms with E-state index >= 15 is 0 Å². The average Bonchev–Trinajstić information content (AvgIpc) is 1.89. The van der Waals surface area contributed by atoms with Crippen LogP contribution in [-0.4, -0.2) is 0 Å². The third-order valence-electron chi connectivity index (χ3n) is 0.702. The molecule has 0 aromatic carbocycles. The fraction of sp³-hybridized carbons (Fsp3) is 0.300. The van der Waals surface area contributed by atoms with Crippen molar-refractivity contribution in [3.63, 3.8) is 0 Å². The molecule has 56 valence electrons. The molecule has 0 heteroatoms. The van der Waals surface area contributed by atoms with E-state index in [1.165, 1.54) is 0 Å². The van der Waals surface area contributed by atoms with E-state index in [2.05, 4.69) is 25.5 Å². The molecule has 0 nitrogen and oxygen atoms in total. The normalized spacial score (nSPS) is 6.30. The first-order valence-corrected chi connectivity index (χ1v) is 3.15. The van der Waals surface area contributed by atoms with Crippen molar-refractivity contribution in [1.29, 1.82) is 0 Å². The van der Waals surface area contributed by atoms with Crippen LogP contribution >= 0.6 is 0 Å². The van der Waals surface area contributed by atoms with Gasteiger partial charge in [0.15, 0.2) is 0 Å². The Bertz CT molecular complexity index is 151. The lowest BCUT2D eigenvalue weighted by Crippen LogP contribution is -1.50. The van der Waals surface area contributed by atoms with Crippen molar-refractivity contribution in [3.05, 3.63) is 42.7 Å². The molecule has 0 radical (unpaired) electrons. The van der Waals surface area contributed by atoms with E-state index in [9.17, 15) is 0 Å². The molecule has 0 aliphatic carbocycles. The zero-order chi connectivity index (χ0) is 8.57. The van der Waals surface area contributed by atoms with E-state index in [1.54, 1.807) is 6.08 Å². The molecule has 0 fully saturated rings. The number of allylic oxidation sites excluding steroid dienone is 3. The maximum absolute atomic E-state index is 3.56. The summed E-state index contributed by atoms with van der Waals surface area (Å²) in [6.45, 7) is 16.3. The maximum Gasteiger partial charge on any atom is -0.0351 e. The topological polar surface area (TPSA) is 0 Å². The molecule has 0 saturated heterocycles. The third-order valence-corrected chi connectivity index (χ3v) is 0.702. The second kappa shape index (κ2) is 8.00. The fourth-order valence-corrected chi connectivity index (χ4v) is 0. The third kappa shape index (κ3) is 28.0. The SMILES string of the molecule is C=C=C(C)C.C=CC(=C)C. The highest BCUT2D eigenvalue weighted by Gasteiger charge is 1.59. The predicted octanol–water partition coefficient (Wildman–Crippen LogP) is 3.49. The molecule has 0 atom stereocenters. The van der Waals surface area contributed by atoms with Crippen LogP contribution in [-0.2, 0) is 0 Å². The molecule has 0 aliphatic rings. The summed E-state index contributed by atoms with van der Waals surface area (Å²) in [4.78, 5) is 0. The second-order valence-corrected chi connectivity index (χ2v) is 2.23. The summed E-state index contributed by atoms with van der Waals surface area (Å²) < 4.78 is 0. The van der Waals surface area contributed by atoms with Crippen LogP contribution in [0.25, 0.3) is 0 Å². The molecule has 0 aliphatic heterocycles. The van der Waals surface area contributed by atoms with Crippen LogP contribution in [0, 0.1) is 0 Å². The van der Waals surface area contributed by atoms with Crippen LogP contribution in [0.2, 0.25) is 0 Å². The van der Waals surface area contributed by atoms with Gasteiger partial charge in [-0.15, -0.1) is 5.73 Å². The second-order valence-electron chi connectivity index (χ2n) is 2.23. The summed E-state index contributed by atoms with van der Waals surface area (Å²) in [5, 5.41) is 0. The molecule has 0 N–H and O–H groups in total. The van der Waals surface area contributed by atoms with Crippen molar-refractivity contribution >= 4 is 0 Å². The van der Waals surface area contributed by atoms with Crippen molar-refractivity contribution in [2.45, 2.75) is 20.8 Å². The first-order valence-electron chi connectivity index (χ1n) is 3.15. The standard InChI is InChI=1S/2C5H8/c2*1-4-5(2)3/h1H2,2-3H3;4H,1-2H2,3H3. The Hall–Kier alpha value is -1.00. The van der Waals surface area contributed by atoms with Crippen LogP contribution in [0.5, 0.6) is 0 Å². The van der Waals surface area contributed by atoms with Gasteiger partial charge in [-0.1, -0.05) is 31.4 Å². The Morgan fingerprint density at radius 2 is 1.50 bits per heavy atom. The molecule has 0 unspecified atom stereocenters. The van der Waals surface area contributed by atoms with Gasteiger partial charge in [0.25, 0.3) is 0 Å². The number of rotatable bonds is 1. The lowest BCUT2D eigenvalue weighted by molar-refractivity contribution is 1.41. The smallest absolute Gasteiger partial charge is 0.0351 e. The summed E-state index contributed by atoms with van der Waals surface area (Å²) in [6.07, 6.45) is 1.72. The molecule has 0 heterocycles. The van der Waals surface area contributed by atoms with E-state index in [1.807, 2.05) is 20.8 Å². The van der Waals surface area contributed by atoms with Crippen LogP contribution in [0.3, 0.4) is 0 Å². The minimum atomic E-state index is 1.02. The average molecular weight is 136 g/mol. The van der Waals surface area contributed by atoms with E-state index in [4.69, 9.17) is 0 Å². The van der Waals surface area contributed by atoms with E-state index in [0.717, 1.165) is 11.1 Å². The molecule has 0 spiro atoms. The quantitative estimate of drug-likeness (QED) is 0.382.